The third-order valence-corrected chi connectivity index (χ3v) is 5.97. The third kappa shape index (κ3) is 4.03. The molecule has 0 bridgehead atoms. The van der Waals surface area contributed by atoms with Gasteiger partial charge >= 0.3 is 0 Å². The number of aryl methyl sites for hydroxylation is 2. The minimum absolute atomic E-state index is 0.170. The number of tetrazole rings is 1. The summed E-state index contributed by atoms with van der Waals surface area (Å²) in [5, 5.41) is 11.2. The molecule has 0 saturated carbocycles. The van der Waals surface area contributed by atoms with Crippen molar-refractivity contribution in [1.82, 2.24) is 30.0 Å². The van der Waals surface area contributed by atoms with Crippen molar-refractivity contribution in [3.05, 3.63) is 41.7 Å². The minimum atomic E-state index is -0.170. The largest absolute Gasteiger partial charge is 0.338 e. The molecule has 0 radical (unpaired) electrons. The number of likely N-dealkylation sites (tertiary alicyclic amines) is 2. The van der Waals surface area contributed by atoms with Crippen LogP contribution in [-0.4, -0.2) is 62.1 Å². The van der Waals surface area contributed by atoms with Gasteiger partial charge in [-0.15, -0.1) is 5.10 Å². The highest BCUT2D eigenvalue weighted by atomic mass is 16.2. The summed E-state index contributed by atoms with van der Waals surface area (Å²) in [5.41, 5.74) is 2.31. The van der Waals surface area contributed by atoms with Gasteiger partial charge in [0.25, 0.3) is 0 Å². The molecule has 2 aliphatic rings. The Balaban J connectivity index is 1.34. The van der Waals surface area contributed by atoms with E-state index in [2.05, 4.69) is 56.5 Å². The van der Waals surface area contributed by atoms with E-state index in [1.807, 2.05) is 0 Å². The standard InChI is InChI=1S/C20H28N6O/c1-17-5-2-6-18(13-17)14-25-10-3-7-20(19(25)27)8-12-24(15-20)9-4-11-26-16-21-22-23-26/h2,5-6,13,16H,3-4,7-12,14-15H2,1H3/t20-/m1/s1. The van der Waals surface area contributed by atoms with Crippen LogP contribution in [0.1, 0.15) is 36.8 Å². The van der Waals surface area contributed by atoms with Gasteiger partial charge in [0.1, 0.15) is 6.33 Å². The fraction of sp³-hybridized carbons (Fsp3) is 0.600. The molecule has 1 aromatic heterocycles. The lowest BCUT2D eigenvalue weighted by atomic mass is 9.78. The molecule has 3 heterocycles. The van der Waals surface area contributed by atoms with Crippen molar-refractivity contribution in [1.29, 1.82) is 0 Å². The maximum atomic E-state index is 13.3. The predicted molar refractivity (Wildman–Crippen MR) is 102 cm³/mol. The van der Waals surface area contributed by atoms with Gasteiger partial charge in [-0.1, -0.05) is 29.8 Å². The SMILES string of the molecule is Cc1cccc(CN2CCC[C@]3(CCN(CCCn4cnnn4)C3)C2=O)c1. The molecule has 2 aromatic rings. The van der Waals surface area contributed by atoms with Crippen molar-refractivity contribution >= 4 is 5.91 Å². The first-order valence-corrected chi connectivity index (χ1v) is 9.93. The van der Waals surface area contributed by atoms with Crippen molar-refractivity contribution in [2.45, 2.75) is 45.7 Å². The van der Waals surface area contributed by atoms with Crippen LogP contribution in [0.3, 0.4) is 0 Å². The number of benzene rings is 1. The van der Waals surface area contributed by atoms with Gasteiger partial charge in [-0.2, -0.15) is 0 Å². The lowest BCUT2D eigenvalue weighted by Gasteiger charge is -2.39. The molecule has 1 spiro atoms. The Morgan fingerprint density at radius 3 is 2.93 bits per heavy atom. The normalized spacial score (nSPS) is 23.4. The van der Waals surface area contributed by atoms with Gasteiger partial charge in [-0.3, -0.25) is 4.79 Å². The molecule has 27 heavy (non-hydrogen) atoms. The maximum absolute atomic E-state index is 13.3. The summed E-state index contributed by atoms with van der Waals surface area (Å²) in [7, 11) is 0. The molecule has 0 unspecified atom stereocenters. The third-order valence-electron chi connectivity index (χ3n) is 5.97. The van der Waals surface area contributed by atoms with Gasteiger partial charge in [-0.05, 0) is 61.7 Å². The molecule has 1 atom stereocenters. The number of hydrogen-bond donors (Lipinski definition) is 0. The molecular weight excluding hydrogens is 340 g/mol. The fourth-order valence-electron chi connectivity index (χ4n) is 4.60. The van der Waals surface area contributed by atoms with Gasteiger partial charge in [0, 0.05) is 26.2 Å². The molecule has 0 aliphatic carbocycles. The van der Waals surface area contributed by atoms with Crippen LogP contribution in [0.2, 0.25) is 0 Å². The van der Waals surface area contributed by atoms with Crippen LogP contribution in [0.5, 0.6) is 0 Å². The second kappa shape index (κ2) is 7.76. The number of hydrogen-bond acceptors (Lipinski definition) is 5. The Labute approximate surface area is 160 Å². The first-order chi connectivity index (χ1) is 13.1. The average molecular weight is 368 g/mol. The zero-order valence-corrected chi connectivity index (χ0v) is 16.0. The molecule has 7 heteroatoms. The number of piperidine rings is 1. The first-order valence-electron chi connectivity index (χ1n) is 9.93. The number of rotatable bonds is 6. The van der Waals surface area contributed by atoms with E-state index in [0.29, 0.717) is 5.91 Å². The van der Waals surface area contributed by atoms with Crippen LogP contribution in [0.25, 0.3) is 0 Å². The Bertz CT molecular complexity index is 777. The number of carbonyl (C=O) groups excluding carboxylic acids is 1. The number of nitrogens with zero attached hydrogens (tertiary/aromatic N) is 6. The van der Waals surface area contributed by atoms with Crippen molar-refractivity contribution in [3.63, 3.8) is 0 Å². The summed E-state index contributed by atoms with van der Waals surface area (Å²) in [6.07, 6.45) is 5.78. The lowest BCUT2D eigenvalue weighted by molar-refractivity contribution is -0.146. The van der Waals surface area contributed by atoms with Crippen LogP contribution in [-0.2, 0) is 17.9 Å². The van der Waals surface area contributed by atoms with E-state index in [1.54, 1.807) is 11.0 Å². The highest BCUT2D eigenvalue weighted by Gasteiger charge is 2.47. The molecule has 7 nitrogen and oxygen atoms in total. The molecule has 1 amide bonds. The molecule has 2 aliphatic heterocycles. The highest BCUT2D eigenvalue weighted by Crippen LogP contribution is 2.40. The van der Waals surface area contributed by atoms with Crippen molar-refractivity contribution < 1.29 is 4.79 Å². The van der Waals surface area contributed by atoms with Gasteiger partial charge in [0.05, 0.1) is 5.41 Å². The minimum Gasteiger partial charge on any atom is -0.338 e. The lowest BCUT2D eigenvalue weighted by Crippen LogP contribution is -2.49. The van der Waals surface area contributed by atoms with Crippen LogP contribution >= 0.6 is 0 Å². The Morgan fingerprint density at radius 2 is 2.11 bits per heavy atom. The molecule has 0 N–H and O–H groups in total. The summed E-state index contributed by atoms with van der Waals surface area (Å²) in [6, 6.07) is 8.50. The van der Waals surface area contributed by atoms with Crippen LogP contribution in [0.4, 0.5) is 0 Å². The summed E-state index contributed by atoms with van der Waals surface area (Å²) in [5.74, 6) is 0.359. The molecular formula is C20H28N6O. The van der Waals surface area contributed by atoms with Crippen molar-refractivity contribution in [3.8, 4) is 0 Å². The molecule has 2 saturated heterocycles. The topological polar surface area (TPSA) is 67.2 Å². The van der Waals surface area contributed by atoms with Crippen LogP contribution in [0, 0.1) is 12.3 Å². The van der Waals surface area contributed by atoms with Crippen molar-refractivity contribution in [2.24, 2.45) is 5.41 Å². The zero-order valence-electron chi connectivity index (χ0n) is 16.0. The van der Waals surface area contributed by atoms with E-state index >= 15 is 0 Å². The van der Waals surface area contributed by atoms with Gasteiger partial charge in [-0.25, -0.2) is 4.68 Å². The van der Waals surface area contributed by atoms with Gasteiger partial charge in [0.2, 0.25) is 5.91 Å². The number of amides is 1. The van der Waals surface area contributed by atoms with Crippen molar-refractivity contribution in [2.75, 3.05) is 26.2 Å². The Morgan fingerprint density at radius 1 is 1.19 bits per heavy atom. The monoisotopic (exact) mass is 368 g/mol. The van der Waals surface area contributed by atoms with Gasteiger partial charge in [0.15, 0.2) is 0 Å². The zero-order chi connectivity index (χ0) is 18.7. The van der Waals surface area contributed by atoms with E-state index in [1.165, 1.54) is 11.1 Å². The molecule has 144 valence electrons. The first kappa shape index (κ1) is 18.1. The Hall–Kier alpha value is -2.28. The fourth-order valence-corrected chi connectivity index (χ4v) is 4.60. The van der Waals surface area contributed by atoms with E-state index < -0.39 is 0 Å². The van der Waals surface area contributed by atoms with E-state index in [4.69, 9.17) is 0 Å². The molecule has 1 aromatic carbocycles. The quantitative estimate of drug-likeness (QED) is 0.779. The van der Waals surface area contributed by atoms with Crippen LogP contribution in [0.15, 0.2) is 30.6 Å². The molecule has 2 fully saturated rings. The van der Waals surface area contributed by atoms with E-state index in [0.717, 1.165) is 65.0 Å². The summed E-state index contributed by atoms with van der Waals surface area (Å²) >= 11 is 0. The summed E-state index contributed by atoms with van der Waals surface area (Å²) < 4.78 is 1.77. The smallest absolute Gasteiger partial charge is 0.230 e. The molecule has 4 rings (SSSR count). The summed E-state index contributed by atoms with van der Waals surface area (Å²) in [6.45, 7) is 7.45. The van der Waals surface area contributed by atoms with E-state index in [-0.39, 0.29) is 5.41 Å². The van der Waals surface area contributed by atoms with E-state index in [9.17, 15) is 4.79 Å². The van der Waals surface area contributed by atoms with Gasteiger partial charge < -0.3 is 9.80 Å². The second-order valence-corrected chi connectivity index (χ2v) is 8.05. The maximum Gasteiger partial charge on any atom is 0.230 e. The number of carbonyl (C=O) groups is 1. The Kier molecular flexibility index (Phi) is 5.20. The highest BCUT2D eigenvalue weighted by molar-refractivity contribution is 5.84. The predicted octanol–water partition coefficient (Wildman–Crippen LogP) is 1.89. The second-order valence-electron chi connectivity index (χ2n) is 8.05. The summed E-state index contributed by atoms with van der Waals surface area (Å²) in [4.78, 5) is 17.8. The van der Waals surface area contributed by atoms with Crippen LogP contribution < -0.4 is 0 Å². The average Bonchev–Trinajstić information content (AvgIpc) is 3.30. The number of aromatic nitrogens is 4.